The van der Waals surface area contributed by atoms with Gasteiger partial charge in [-0.2, -0.15) is 0 Å². The predicted molar refractivity (Wildman–Crippen MR) is 192 cm³/mol. The number of unbranched alkanes of at least 4 members (excludes halogenated alkanes) is 2. The summed E-state index contributed by atoms with van der Waals surface area (Å²) in [6.07, 6.45) is 15.4. The van der Waals surface area contributed by atoms with Gasteiger partial charge in [-0.05, 0) is 96.7 Å². The molecule has 6 aliphatic rings. The maximum absolute atomic E-state index is 12.5. The second kappa shape index (κ2) is 13.2. The van der Waals surface area contributed by atoms with E-state index in [9.17, 15) is 15.0 Å². The van der Waals surface area contributed by atoms with Crippen molar-refractivity contribution in [2.45, 2.75) is 114 Å². The van der Waals surface area contributed by atoms with Crippen LogP contribution < -0.4 is 10.5 Å². The highest BCUT2D eigenvalue weighted by Gasteiger charge is 2.59. The van der Waals surface area contributed by atoms with Crippen molar-refractivity contribution in [3.05, 3.63) is 81.7 Å². The number of ether oxygens (including phenoxy) is 1. The van der Waals surface area contributed by atoms with Crippen LogP contribution in [0.1, 0.15) is 118 Å². The number of rotatable bonds is 13. The lowest BCUT2D eigenvalue weighted by Crippen LogP contribution is -2.49. The highest BCUT2D eigenvalue weighted by molar-refractivity contribution is 5.96. The number of nitrogens with zero attached hydrogens (tertiary/aromatic N) is 3. The molecule has 6 atom stereocenters. The average Bonchev–Trinajstić information content (AvgIpc) is 3.82. The third-order valence-electron chi connectivity index (χ3n) is 12.4. The normalized spacial score (nSPS) is 28.2. The number of nitrogens with two attached hydrogens (primary N) is 1. The Morgan fingerprint density at radius 1 is 1.18 bits per heavy atom. The molecule has 8 heteroatoms. The van der Waals surface area contributed by atoms with Gasteiger partial charge in [-0.25, -0.2) is 0 Å². The highest BCUT2D eigenvalue weighted by atomic mass is 16.5. The summed E-state index contributed by atoms with van der Waals surface area (Å²) in [5.74, 6) is 2.12. The average molecular weight is 663 g/mol. The van der Waals surface area contributed by atoms with Gasteiger partial charge in [0.1, 0.15) is 11.9 Å². The third kappa shape index (κ3) is 5.65. The molecule has 8 nitrogen and oxygen atoms in total. The number of aryl methyl sites for hydroxylation is 1. The SMILES string of the molecule is CCCCC[C@@H](O)CC(=O)CCc1ccc(O)c(OCN2C=C3N=CC([C@]45CCC[C@H]4[C@@H]4CCCC6=N[C@H](N)c7cccc5c7[C@@H]64)=C3C2)c1. The number of hydrogen-bond acceptors (Lipinski definition) is 8. The Morgan fingerprint density at radius 2 is 2.08 bits per heavy atom. The molecule has 0 saturated heterocycles. The van der Waals surface area contributed by atoms with Gasteiger partial charge in [0.15, 0.2) is 18.2 Å². The standard InChI is InChI=1S/C41H50N4O4/c1-2-3-4-8-26(46)20-27(47)16-14-25-15-17-36(48)37(19-25)49-24-45-22-30-33(21-43-35(30)23-45)41-18-7-12-31(41)28-9-6-13-34-39(28)38-29(40(42)44-34)10-5-11-32(38)41/h5,10-11,15,17,19,21,23,26,28,31,39-40,46,48H,2-4,6-9,12-14,16,18,20,22,24,42H2,1H3/t26-,28+,31+,39-,40+,41-/m1/s1. The number of aromatic hydroxyl groups is 1. The summed E-state index contributed by atoms with van der Waals surface area (Å²) < 4.78 is 6.20. The lowest BCUT2D eigenvalue weighted by Gasteiger charge is -2.54. The number of aliphatic hydroxyl groups is 1. The van der Waals surface area contributed by atoms with E-state index in [0.29, 0.717) is 49.3 Å². The first-order valence-electron chi connectivity index (χ1n) is 18.7. The minimum atomic E-state index is -0.563. The monoisotopic (exact) mass is 662 g/mol. The first-order valence-corrected chi connectivity index (χ1v) is 18.7. The van der Waals surface area contributed by atoms with Gasteiger partial charge in [0.2, 0.25) is 0 Å². The molecule has 0 spiro atoms. The first kappa shape index (κ1) is 32.5. The number of carbonyl (C=O) groups is 1. The van der Waals surface area contributed by atoms with Crippen LogP contribution in [0.15, 0.2) is 69.4 Å². The first-order chi connectivity index (χ1) is 23.9. The van der Waals surface area contributed by atoms with E-state index < -0.39 is 6.10 Å². The molecule has 3 heterocycles. The zero-order valence-electron chi connectivity index (χ0n) is 28.7. The van der Waals surface area contributed by atoms with Crippen molar-refractivity contribution in [2.75, 3.05) is 13.3 Å². The number of allylic oxidation sites excluding steroid dienone is 1. The van der Waals surface area contributed by atoms with Crippen molar-refractivity contribution in [1.29, 1.82) is 0 Å². The van der Waals surface area contributed by atoms with E-state index in [1.54, 1.807) is 6.07 Å². The Kier molecular flexibility index (Phi) is 8.73. The number of fused-ring (bicyclic) bond motifs is 4. The second-order valence-corrected chi connectivity index (χ2v) is 15.3. The van der Waals surface area contributed by atoms with E-state index in [1.807, 2.05) is 12.1 Å². The Labute approximate surface area is 289 Å². The summed E-state index contributed by atoms with van der Waals surface area (Å²) in [4.78, 5) is 24.7. The zero-order valence-corrected chi connectivity index (χ0v) is 28.7. The van der Waals surface area contributed by atoms with Gasteiger partial charge in [-0.15, -0.1) is 0 Å². The van der Waals surface area contributed by atoms with E-state index in [2.05, 4.69) is 42.4 Å². The van der Waals surface area contributed by atoms with Crippen molar-refractivity contribution in [2.24, 2.45) is 27.6 Å². The summed E-state index contributed by atoms with van der Waals surface area (Å²) in [5, 5.41) is 20.8. The van der Waals surface area contributed by atoms with Crippen LogP contribution >= 0.6 is 0 Å². The van der Waals surface area contributed by atoms with Crippen LogP contribution in [0.5, 0.6) is 11.5 Å². The second-order valence-electron chi connectivity index (χ2n) is 15.3. The molecule has 0 radical (unpaired) electrons. The topological polar surface area (TPSA) is 121 Å². The summed E-state index contributed by atoms with van der Waals surface area (Å²) in [7, 11) is 0. The van der Waals surface area contributed by atoms with Crippen molar-refractivity contribution in [3.8, 4) is 11.5 Å². The van der Waals surface area contributed by atoms with Gasteiger partial charge in [0.25, 0.3) is 0 Å². The smallest absolute Gasteiger partial charge is 0.163 e. The number of aliphatic imine (C=N–C) groups is 2. The highest BCUT2D eigenvalue weighted by Crippen LogP contribution is 2.65. The molecule has 0 unspecified atom stereocenters. The van der Waals surface area contributed by atoms with E-state index in [0.717, 1.165) is 43.4 Å². The van der Waals surface area contributed by atoms with Gasteiger partial charge in [0.05, 0.1) is 11.8 Å². The molecule has 2 aromatic rings. The molecule has 49 heavy (non-hydrogen) atoms. The van der Waals surface area contributed by atoms with Gasteiger partial charge in [-0.1, -0.05) is 56.9 Å². The third-order valence-corrected chi connectivity index (χ3v) is 12.4. The molecule has 2 fully saturated rings. The number of phenols is 1. The van der Waals surface area contributed by atoms with Crippen LogP contribution in [0.25, 0.3) is 0 Å². The Hall–Kier alpha value is -3.75. The predicted octanol–water partition coefficient (Wildman–Crippen LogP) is 7.15. The molecular formula is C41H50N4O4. The van der Waals surface area contributed by atoms with Gasteiger partial charge < -0.3 is 25.6 Å². The fourth-order valence-corrected chi connectivity index (χ4v) is 10.3. The van der Waals surface area contributed by atoms with Gasteiger partial charge >= 0.3 is 0 Å². The van der Waals surface area contributed by atoms with Crippen LogP contribution in [-0.2, 0) is 16.6 Å². The van der Waals surface area contributed by atoms with Crippen LogP contribution in [0, 0.1) is 11.8 Å². The molecule has 4 N–H and O–H groups in total. The van der Waals surface area contributed by atoms with Crippen LogP contribution in [0.2, 0.25) is 0 Å². The fourth-order valence-electron chi connectivity index (χ4n) is 10.3. The van der Waals surface area contributed by atoms with Crippen molar-refractivity contribution >= 4 is 17.7 Å². The van der Waals surface area contributed by atoms with Crippen LogP contribution in [0.4, 0.5) is 0 Å². The molecule has 3 aliphatic carbocycles. The number of benzene rings is 2. The minimum Gasteiger partial charge on any atom is -0.504 e. The maximum atomic E-state index is 12.5. The van der Waals surface area contributed by atoms with Crippen molar-refractivity contribution in [1.82, 2.24) is 4.90 Å². The van der Waals surface area contributed by atoms with E-state index in [-0.39, 0.29) is 36.3 Å². The number of aliphatic hydroxyl groups excluding tert-OH is 1. The number of hydrogen-bond donors (Lipinski definition) is 3. The summed E-state index contributed by atoms with van der Waals surface area (Å²) in [6.45, 7) is 3.13. The molecule has 3 aliphatic heterocycles. The summed E-state index contributed by atoms with van der Waals surface area (Å²) in [6, 6.07) is 12.1. The number of phenolic OH excluding ortho intramolecular Hbond substituents is 1. The summed E-state index contributed by atoms with van der Waals surface area (Å²) in [5.41, 5.74) is 16.7. The largest absolute Gasteiger partial charge is 0.504 e. The molecule has 0 bridgehead atoms. The van der Waals surface area contributed by atoms with Crippen LogP contribution in [-0.4, -0.2) is 52.2 Å². The van der Waals surface area contributed by atoms with E-state index in [4.69, 9.17) is 20.5 Å². The maximum Gasteiger partial charge on any atom is 0.163 e. The molecule has 8 rings (SSSR count). The quantitative estimate of drug-likeness (QED) is 0.196. The minimum absolute atomic E-state index is 0.0626. The Bertz CT molecular complexity index is 1760. The molecule has 258 valence electrons. The van der Waals surface area contributed by atoms with Crippen molar-refractivity contribution < 1.29 is 19.7 Å². The lowest BCUT2D eigenvalue weighted by molar-refractivity contribution is -0.121. The number of ketones is 1. The lowest BCUT2D eigenvalue weighted by atomic mass is 9.50. The fraction of sp³-hybridized carbons (Fsp3) is 0.537. The Morgan fingerprint density at radius 3 is 2.96 bits per heavy atom. The molecule has 2 saturated carbocycles. The number of carbonyl (C=O) groups excluding carboxylic acids is 1. The Balaban J connectivity index is 0.982. The van der Waals surface area contributed by atoms with Gasteiger partial charge in [-0.3, -0.25) is 14.8 Å². The van der Waals surface area contributed by atoms with Crippen LogP contribution in [0.3, 0.4) is 0 Å². The van der Waals surface area contributed by atoms with Gasteiger partial charge in [0, 0.05) is 54.4 Å². The van der Waals surface area contributed by atoms with E-state index >= 15 is 0 Å². The zero-order chi connectivity index (χ0) is 33.7. The summed E-state index contributed by atoms with van der Waals surface area (Å²) >= 11 is 0. The van der Waals surface area contributed by atoms with Crippen molar-refractivity contribution in [3.63, 3.8) is 0 Å². The number of Topliss-reactive ketones (excluding diaryl/α,β-unsaturated/α-hetero) is 1. The molecule has 0 aromatic heterocycles. The van der Waals surface area contributed by atoms with E-state index in [1.165, 1.54) is 59.2 Å². The molecule has 0 amide bonds. The molecule has 2 aromatic carbocycles. The molecular weight excluding hydrogens is 612 g/mol.